The molecule has 1 fully saturated rings. The predicted molar refractivity (Wildman–Crippen MR) is 77.5 cm³/mol. The second-order valence-electron chi connectivity index (χ2n) is 5.27. The summed E-state index contributed by atoms with van der Waals surface area (Å²) in [5.74, 6) is -0.144. The average molecular weight is 297 g/mol. The first-order valence-electron chi connectivity index (χ1n) is 7.01. The summed E-state index contributed by atoms with van der Waals surface area (Å²) in [7, 11) is 0. The largest absolute Gasteiger partial charge is 0.350 e. The summed E-state index contributed by atoms with van der Waals surface area (Å²) >= 11 is 0. The maximum Gasteiger partial charge on any atom is 0.290 e. The fourth-order valence-corrected chi connectivity index (χ4v) is 2.45. The summed E-state index contributed by atoms with van der Waals surface area (Å²) in [6.45, 7) is 3.09. The van der Waals surface area contributed by atoms with E-state index in [1.54, 1.807) is 17.2 Å². The number of hydrogen-bond donors (Lipinski definition) is 1. The Kier molecular flexibility index (Phi) is 3.74. The van der Waals surface area contributed by atoms with Gasteiger partial charge in [0, 0.05) is 42.7 Å². The van der Waals surface area contributed by atoms with Crippen molar-refractivity contribution >= 4 is 5.91 Å². The van der Waals surface area contributed by atoms with E-state index in [9.17, 15) is 4.79 Å². The van der Waals surface area contributed by atoms with Crippen LogP contribution in [0.4, 0.5) is 0 Å². The number of aromatic nitrogens is 2. The summed E-state index contributed by atoms with van der Waals surface area (Å²) in [6.07, 6.45) is 4.52. The molecule has 0 bridgehead atoms. The Morgan fingerprint density at radius 3 is 3.14 bits per heavy atom. The molecular formula is C15H15N5O2. The van der Waals surface area contributed by atoms with Gasteiger partial charge in [-0.05, 0) is 25.5 Å². The Bertz CT molecular complexity index is 734. The molecular weight excluding hydrogens is 282 g/mol. The number of carbonyl (C=O) groups excluding carboxylic acids is 1. The van der Waals surface area contributed by atoms with Crippen molar-refractivity contribution in [3.05, 3.63) is 35.9 Å². The lowest BCUT2D eigenvalue weighted by atomic mass is 10.1. The van der Waals surface area contributed by atoms with Gasteiger partial charge in [0.2, 0.25) is 5.76 Å². The van der Waals surface area contributed by atoms with Crippen LogP contribution in [0.3, 0.4) is 0 Å². The summed E-state index contributed by atoms with van der Waals surface area (Å²) in [5.41, 5.74) is 2.32. The zero-order valence-corrected chi connectivity index (χ0v) is 12.1. The van der Waals surface area contributed by atoms with Gasteiger partial charge in [-0.2, -0.15) is 5.26 Å². The summed E-state index contributed by atoms with van der Waals surface area (Å²) < 4.78 is 5.12. The third-order valence-corrected chi connectivity index (χ3v) is 3.59. The van der Waals surface area contributed by atoms with Crippen LogP contribution in [0, 0.1) is 18.4 Å². The van der Waals surface area contributed by atoms with E-state index in [-0.39, 0.29) is 17.7 Å². The van der Waals surface area contributed by atoms with Gasteiger partial charge in [0.1, 0.15) is 5.69 Å². The minimum absolute atomic E-state index is 0.0381. The normalized spacial score (nSPS) is 17.3. The molecule has 1 N–H and O–H groups in total. The van der Waals surface area contributed by atoms with E-state index in [0.29, 0.717) is 18.8 Å². The van der Waals surface area contributed by atoms with Crippen LogP contribution in [0.1, 0.15) is 22.7 Å². The van der Waals surface area contributed by atoms with Crippen LogP contribution in [0.5, 0.6) is 0 Å². The molecule has 1 atom stereocenters. The van der Waals surface area contributed by atoms with E-state index in [2.05, 4.69) is 21.7 Å². The molecule has 1 saturated heterocycles. The van der Waals surface area contributed by atoms with Gasteiger partial charge < -0.3 is 14.7 Å². The highest BCUT2D eigenvalue weighted by Crippen LogP contribution is 2.19. The van der Waals surface area contributed by atoms with Crippen LogP contribution in [-0.4, -0.2) is 40.1 Å². The molecule has 2 aromatic heterocycles. The Morgan fingerprint density at radius 2 is 2.41 bits per heavy atom. The van der Waals surface area contributed by atoms with E-state index in [0.717, 1.165) is 17.7 Å². The molecule has 7 heteroatoms. The molecule has 7 nitrogen and oxygen atoms in total. The van der Waals surface area contributed by atoms with Crippen molar-refractivity contribution in [2.24, 2.45) is 0 Å². The minimum atomic E-state index is -0.311. The van der Waals surface area contributed by atoms with Gasteiger partial charge in [0.25, 0.3) is 5.91 Å². The SMILES string of the molecule is Cc1cc(-c2cc(C(=O)NC3CCN(C#N)C3)on2)ccn1. The fraction of sp³-hybridized carbons (Fsp3) is 0.333. The number of likely N-dealkylation sites (tertiary alicyclic amines) is 1. The molecule has 3 heterocycles. The summed E-state index contributed by atoms with van der Waals surface area (Å²) in [4.78, 5) is 17.9. The monoisotopic (exact) mass is 297 g/mol. The number of rotatable bonds is 3. The fourth-order valence-electron chi connectivity index (χ4n) is 2.45. The maximum atomic E-state index is 12.1. The van der Waals surface area contributed by atoms with Crippen molar-refractivity contribution in [1.29, 1.82) is 5.26 Å². The third kappa shape index (κ3) is 2.91. The van der Waals surface area contributed by atoms with Crippen molar-refractivity contribution < 1.29 is 9.32 Å². The lowest BCUT2D eigenvalue weighted by Gasteiger charge is -2.10. The molecule has 0 aliphatic carbocycles. The first kappa shape index (κ1) is 14.1. The smallest absolute Gasteiger partial charge is 0.290 e. The van der Waals surface area contributed by atoms with Crippen molar-refractivity contribution in [2.75, 3.05) is 13.1 Å². The van der Waals surface area contributed by atoms with Crippen LogP contribution in [0.25, 0.3) is 11.3 Å². The van der Waals surface area contributed by atoms with Gasteiger partial charge in [-0.25, -0.2) is 0 Å². The molecule has 1 unspecified atom stereocenters. The Hall–Kier alpha value is -2.88. The highest BCUT2D eigenvalue weighted by atomic mass is 16.5. The molecule has 112 valence electrons. The zero-order chi connectivity index (χ0) is 15.5. The highest BCUT2D eigenvalue weighted by Gasteiger charge is 2.25. The van der Waals surface area contributed by atoms with E-state index in [4.69, 9.17) is 9.78 Å². The van der Waals surface area contributed by atoms with Gasteiger partial charge in [0.15, 0.2) is 6.19 Å². The molecule has 0 saturated carbocycles. The minimum Gasteiger partial charge on any atom is -0.350 e. The highest BCUT2D eigenvalue weighted by molar-refractivity contribution is 5.92. The summed E-state index contributed by atoms with van der Waals surface area (Å²) in [6, 6.07) is 5.26. The molecule has 1 aliphatic rings. The molecule has 1 amide bonds. The lowest BCUT2D eigenvalue weighted by Crippen LogP contribution is -2.36. The van der Waals surface area contributed by atoms with Gasteiger partial charge in [-0.1, -0.05) is 5.16 Å². The number of amides is 1. The summed E-state index contributed by atoms with van der Waals surface area (Å²) in [5, 5.41) is 15.6. The first-order chi connectivity index (χ1) is 10.7. The Labute approximate surface area is 127 Å². The number of nitrogens with zero attached hydrogens (tertiary/aromatic N) is 4. The van der Waals surface area contributed by atoms with E-state index < -0.39 is 0 Å². The molecule has 3 rings (SSSR count). The number of carbonyl (C=O) groups is 1. The van der Waals surface area contributed by atoms with Gasteiger partial charge in [-0.15, -0.1) is 0 Å². The number of nitrogens with one attached hydrogen (secondary N) is 1. The molecule has 22 heavy (non-hydrogen) atoms. The first-order valence-corrected chi connectivity index (χ1v) is 7.01. The van der Waals surface area contributed by atoms with Gasteiger partial charge >= 0.3 is 0 Å². The molecule has 1 aliphatic heterocycles. The van der Waals surface area contributed by atoms with Crippen molar-refractivity contribution in [1.82, 2.24) is 20.4 Å². The molecule has 0 aromatic carbocycles. The van der Waals surface area contributed by atoms with Gasteiger partial charge in [0.05, 0.1) is 0 Å². The number of hydrogen-bond acceptors (Lipinski definition) is 6. The Balaban J connectivity index is 1.69. The van der Waals surface area contributed by atoms with E-state index in [1.807, 2.05) is 19.1 Å². The molecule has 0 spiro atoms. The standard InChI is InChI=1S/C15H15N5O2/c1-10-6-11(2-4-17-10)13-7-14(22-19-13)15(21)18-12-3-5-20(8-12)9-16/h2,4,6-7,12H,3,5,8H2,1H3,(H,18,21). The predicted octanol–water partition coefficient (Wildman–Crippen LogP) is 1.33. The van der Waals surface area contributed by atoms with Crippen LogP contribution in [0.2, 0.25) is 0 Å². The number of nitriles is 1. The van der Waals surface area contributed by atoms with Crippen molar-refractivity contribution in [3.8, 4) is 17.5 Å². The van der Waals surface area contributed by atoms with Crippen LogP contribution in [0.15, 0.2) is 28.9 Å². The quantitative estimate of drug-likeness (QED) is 0.859. The third-order valence-electron chi connectivity index (χ3n) is 3.59. The van der Waals surface area contributed by atoms with E-state index >= 15 is 0 Å². The average Bonchev–Trinajstić information content (AvgIpc) is 3.16. The second-order valence-corrected chi connectivity index (χ2v) is 5.27. The lowest BCUT2D eigenvalue weighted by molar-refractivity contribution is 0.0901. The topological polar surface area (TPSA) is 95.1 Å². The van der Waals surface area contributed by atoms with Gasteiger partial charge in [-0.3, -0.25) is 9.78 Å². The second kappa shape index (κ2) is 5.85. The number of aryl methyl sites for hydroxylation is 1. The van der Waals surface area contributed by atoms with Crippen LogP contribution < -0.4 is 5.32 Å². The van der Waals surface area contributed by atoms with E-state index in [1.165, 1.54) is 0 Å². The maximum absolute atomic E-state index is 12.1. The molecule has 0 radical (unpaired) electrons. The number of pyridine rings is 1. The molecule has 2 aromatic rings. The van der Waals surface area contributed by atoms with Crippen molar-refractivity contribution in [3.63, 3.8) is 0 Å². The van der Waals surface area contributed by atoms with Crippen molar-refractivity contribution in [2.45, 2.75) is 19.4 Å². The zero-order valence-electron chi connectivity index (χ0n) is 12.1. The van der Waals surface area contributed by atoms with Crippen LogP contribution >= 0.6 is 0 Å². The Morgan fingerprint density at radius 1 is 1.55 bits per heavy atom. The van der Waals surface area contributed by atoms with Crippen LogP contribution in [-0.2, 0) is 0 Å².